The normalized spacial score (nSPS) is 11.5. The Balaban J connectivity index is 1.29. The first-order valence-corrected chi connectivity index (χ1v) is 13.3. The monoisotopic (exact) mass is 585 g/mol. The van der Waals surface area contributed by atoms with Crippen LogP contribution in [-0.2, 0) is 17.9 Å². The molecule has 0 saturated carbocycles. The molecule has 5 aromatic rings. The Kier molecular flexibility index (Phi) is 7.86. The predicted molar refractivity (Wildman–Crippen MR) is 157 cm³/mol. The number of nitrogens with one attached hydrogen (secondary N) is 2. The summed E-state index contributed by atoms with van der Waals surface area (Å²) in [7, 11) is 0. The van der Waals surface area contributed by atoms with Crippen molar-refractivity contribution in [1.29, 1.82) is 0 Å². The lowest BCUT2D eigenvalue weighted by molar-refractivity contribution is -0.117. The smallest absolute Gasteiger partial charge is 0.247 e. The number of amides is 1. The number of carbonyl (C=O) groups is 1. The van der Waals surface area contributed by atoms with Gasteiger partial charge in [0.1, 0.15) is 5.82 Å². The van der Waals surface area contributed by atoms with Gasteiger partial charge in [0.2, 0.25) is 5.91 Å². The van der Waals surface area contributed by atoms with E-state index in [0.717, 1.165) is 38.2 Å². The maximum atomic E-state index is 12.6. The SMILES string of the molecule is C/C(=C\c1ccccc1)C(=O)NCc1cccc(CNc2cc(-c3ccccc3Cl)nc3c(Br)cnn23)c1. The van der Waals surface area contributed by atoms with Crippen LogP contribution < -0.4 is 10.6 Å². The number of nitrogens with zero attached hydrogens (tertiary/aromatic N) is 3. The second-order valence-electron chi connectivity index (χ2n) is 8.83. The number of benzene rings is 3. The standard InChI is InChI=1S/C30H25BrClN5O/c1-20(14-21-8-3-2-4-9-21)30(38)34-18-23-11-7-10-22(15-23)17-33-28-16-27(24-12-5-6-13-26(24)32)36-29-25(31)19-35-37(28)29/h2-16,19,33H,17-18H2,1H3,(H,34,38)/b20-14+. The molecular formula is C30H25BrClN5O. The summed E-state index contributed by atoms with van der Waals surface area (Å²) in [6, 6.07) is 27.5. The topological polar surface area (TPSA) is 71.3 Å². The van der Waals surface area contributed by atoms with Gasteiger partial charge < -0.3 is 10.6 Å². The molecule has 0 aliphatic heterocycles. The summed E-state index contributed by atoms with van der Waals surface area (Å²) in [6.45, 7) is 2.82. The Morgan fingerprint density at radius 1 is 0.974 bits per heavy atom. The summed E-state index contributed by atoms with van der Waals surface area (Å²) in [5.41, 5.74) is 6.05. The zero-order valence-electron chi connectivity index (χ0n) is 20.7. The molecular weight excluding hydrogens is 562 g/mol. The highest BCUT2D eigenvalue weighted by Crippen LogP contribution is 2.30. The van der Waals surface area contributed by atoms with Crippen LogP contribution in [0.5, 0.6) is 0 Å². The summed E-state index contributed by atoms with van der Waals surface area (Å²) >= 11 is 9.99. The summed E-state index contributed by atoms with van der Waals surface area (Å²) in [5, 5.41) is 11.6. The third-order valence-corrected chi connectivity index (χ3v) is 6.93. The second kappa shape index (κ2) is 11.6. The van der Waals surface area contributed by atoms with Gasteiger partial charge in [0.25, 0.3) is 0 Å². The van der Waals surface area contributed by atoms with E-state index in [1.807, 2.05) is 91.9 Å². The number of rotatable bonds is 8. The number of hydrogen-bond donors (Lipinski definition) is 2. The van der Waals surface area contributed by atoms with Gasteiger partial charge in [-0.1, -0.05) is 84.4 Å². The van der Waals surface area contributed by atoms with Crippen molar-refractivity contribution < 1.29 is 4.79 Å². The molecule has 6 nitrogen and oxygen atoms in total. The molecule has 5 rings (SSSR count). The largest absolute Gasteiger partial charge is 0.366 e. The summed E-state index contributed by atoms with van der Waals surface area (Å²) in [4.78, 5) is 17.4. The Hall–Kier alpha value is -3.94. The van der Waals surface area contributed by atoms with E-state index in [2.05, 4.69) is 37.7 Å². The van der Waals surface area contributed by atoms with Crippen LogP contribution in [0.2, 0.25) is 5.02 Å². The van der Waals surface area contributed by atoms with Gasteiger partial charge in [0.05, 0.1) is 16.4 Å². The van der Waals surface area contributed by atoms with Crippen molar-refractivity contribution in [2.45, 2.75) is 20.0 Å². The highest BCUT2D eigenvalue weighted by atomic mass is 79.9. The van der Waals surface area contributed by atoms with Crippen molar-refractivity contribution >= 4 is 51.0 Å². The van der Waals surface area contributed by atoms with Gasteiger partial charge in [0.15, 0.2) is 5.65 Å². The van der Waals surface area contributed by atoms with Gasteiger partial charge in [0, 0.05) is 35.3 Å². The first-order valence-electron chi connectivity index (χ1n) is 12.1. The molecule has 190 valence electrons. The summed E-state index contributed by atoms with van der Waals surface area (Å²) < 4.78 is 2.56. The number of halogens is 2. The molecule has 0 saturated heterocycles. The quantitative estimate of drug-likeness (QED) is 0.190. The van der Waals surface area contributed by atoms with Crippen LogP contribution in [0.25, 0.3) is 23.0 Å². The number of aromatic nitrogens is 3. The fraction of sp³-hybridized carbons (Fsp3) is 0.100. The van der Waals surface area contributed by atoms with Gasteiger partial charge in [-0.2, -0.15) is 9.61 Å². The van der Waals surface area contributed by atoms with Gasteiger partial charge in [-0.25, -0.2) is 4.98 Å². The minimum atomic E-state index is -0.0899. The lowest BCUT2D eigenvalue weighted by Gasteiger charge is -2.13. The van der Waals surface area contributed by atoms with E-state index in [-0.39, 0.29) is 5.91 Å². The molecule has 3 aromatic carbocycles. The molecule has 0 spiro atoms. The zero-order chi connectivity index (χ0) is 26.5. The first-order chi connectivity index (χ1) is 18.5. The second-order valence-corrected chi connectivity index (χ2v) is 10.1. The van der Waals surface area contributed by atoms with Crippen LogP contribution in [0.3, 0.4) is 0 Å². The number of fused-ring (bicyclic) bond motifs is 1. The number of hydrogen-bond acceptors (Lipinski definition) is 4. The Morgan fingerprint density at radius 2 is 1.71 bits per heavy atom. The third-order valence-electron chi connectivity index (χ3n) is 6.04. The third kappa shape index (κ3) is 5.96. The summed E-state index contributed by atoms with van der Waals surface area (Å²) in [6.07, 6.45) is 3.61. The van der Waals surface area contributed by atoms with Gasteiger partial charge in [-0.05, 0) is 51.7 Å². The molecule has 0 unspecified atom stereocenters. The highest BCUT2D eigenvalue weighted by molar-refractivity contribution is 9.10. The first kappa shape index (κ1) is 25.7. The van der Waals surface area contributed by atoms with E-state index in [1.54, 1.807) is 10.7 Å². The lowest BCUT2D eigenvalue weighted by atomic mass is 10.1. The van der Waals surface area contributed by atoms with Crippen molar-refractivity contribution in [3.05, 3.63) is 123 Å². The Bertz CT molecular complexity index is 1630. The predicted octanol–water partition coefficient (Wildman–Crippen LogP) is 7.14. The lowest BCUT2D eigenvalue weighted by Crippen LogP contribution is -2.23. The van der Waals surface area contributed by atoms with Crippen molar-refractivity contribution in [3.8, 4) is 11.3 Å². The van der Waals surface area contributed by atoms with Crippen molar-refractivity contribution in [2.75, 3.05) is 5.32 Å². The van der Waals surface area contributed by atoms with Crippen LogP contribution in [0.1, 0.15) is 23.6 Å². The molecule has 0 radical (unpaired) electrons. The minimum Gasteiger partial charge on any atom is -0.366 e. The van der Waals surface area contributed by atoms with Gasteiger partial charge >= 0.3 is 0 Å². The molecule has 2 N–H and O–H groups in total. The van der Waals surface area contributed by atoms with Gasteiger partial charge in [-0.15, -0.1) is 0 Å². The van der Waals surface area contributed by atoms with E-state index in [0.29, 0.717) is 29.3 Å². The van der Waals surface area contributed by atoms with Crippen molar-refractivity contribution in [1.82, 2.24) is 19.9 Å². The van der Waals surface area contributed by atoms with E-state index in [9.17, 15) is 4.79 Å². The molecule has 2 aromatic heterocycles. The molecule has 0 aliphatic rings. The summed E-state index contributed by atoms with van der Waals surface area (Å²) in [5.74, 6) is 0.698. The maximum Gasteiger partial charge on any atom is 0.247 e. The molecule has 2 heterocycles. The zero-order valence-corrected chi connectivity index (χ0v) is 23.0. The van der Waals surface area contributed by atoms with Crippen LogP contribution in [0.15, 0.2) is 101 Å². The van der Waals surface area contributed by atoms with E-state index in [4.69, 9.17) is 16.6 Å². The Labute approximate surface area is 234 Å². The molecule has 0 aliphatic carbocycles. The van der Waals surface area contributed by atoms with Crippen molar-refractivity contribution in [3.63, 3.8) is 0 Å². The van der Waals surface area contributed by atoms with Gasteiger partial charge in [-0.3, -0.25) is 4.79 Å². The van der Waals surface area contributed by atoms with Crippen LogP contribution >= 0.6 is 27.5 Å². The number of anilines is 1. The minimum absolute atomic E-state index is 0.0899. The Morgan fingerprint density at radius 3 is 2.50 bits per heavy atom. The number of carbonyl (C=O) groups excluding carboxylic acids is 1. The van der Waals surface area contributed by atoms with E-state index >= 15 is 0 Å². The van der Waals surface area contributed by atoms with E-state index < -0.39 is 0 Å². The maximum absolute atomic E-state index is 12.6. The van der Waals surface area contributed by atoms with Crippen molar-refractivity contribution in [2.24, 2.45) is 0 Å². The molecule has 0 bridgehead atoms. The average molecular weight is 587 g/mol. The van der Waals surface area contributed by atoms with E-state index in [1.165, 1.54) is 0 Å². The molecule has 38 heavy (non-hydrogen) atoms. The highest BCUT2D eigenvalue weighted by Gasteiger charge is 2.13. The van der Waals surface area contributed by atoms with Crippen LogP contribution in [0, 0.1) is 0 Å². The molecule has 0 atom stereocenters. The van der Waals surface area contributed by atoms with Crippen LogP contribution in [-0.4, -0.2) is 20.5 Å². The molecule has 1 amide bonds. The molecule has 8 heteroatoms. The average Bonchev–Trinajstić information content (AvgIpc) is 3.32. The fourth-order valence-electron chi connectivity index (χ4n) is 4.10. The fourth-order valence-corrected chi connectivity index (χ4v) is 4.68. The van der Waals surface area contributed by atoms with Crippen LogP contribution in [0.4, 0.5) is 5.82 Å². The molecule has 0 fully saturated rings.